The molecule has 0 N–H and O–H groups in total. The van der Waals surface area contributed by atoms with Gasteiger partial charge in [-0.3, -0.25) is 0 Å². The smallest absolute Gasteiger partial charge is 0.0989 e. The molecule has 0 radical (unpaired) electrons. The summed E-state index contributed by atoms with van der Waals surface area (Å²) >= 11 is 0. The molecule has 3 rings (SSSR count). The van der Waals surface area contributed by atoms with Crippen molar-refractivity contribution in [3.8, 4) is 6.07 Å². The SMILES string of the molecule is N#CC1CCOC1c1cccc2ccccc12. The summed E-state index contributed by atoms with van der Waals surface area (Å²) in [6, 6.07) is 16.8. The van der Waals surface area contributed by atoms with E-state index in [4.69, 9.17) is 10.00 Å². The standard InChI is InChI=1S/C15H13NO/c16-10-12-8-9-17-15(12)14-7-3-5-11-4-1-2-6-13(11)14/h1-7,12,15H,8-9H2. The summed E-state index contributed by atoms with van der Waals surface area (Å²) in [5.41, 5.74) is 1.15. The summed E-state index contributed by atoms with van der Waals surface area (Å²) in [4.78, 5) is 0. The Balaban J connectivity index is 2.14. The summed E-state index contributed by atoms with van der Waals surface area (Å²) < 4.78 is 5.73. The van der Waals surface area contributed by atoms with Gasteiger partial charge >= 0.3 is 0 Å². The highest BCUT2D eigenvalue weighted by Crippen LogP contribution is 2.37. The van der Waals surface area contributed by atoms with E-state index in [-0.39, 0.29) is 12.0 Å². The van der Waals surface area contributed by atoms with Crippen molar-refractivity contribution >= 4 is 10.8 Å². The second-order valence-corrected chi connectivity index (χ2v) is 4.38. The lowest BCUT2D eigenvalue weighted by Crippen LogP contribution is -2.05. The number of nitrogens with zero attached hydrogens (tertiary/aromatic N) is 1. The number of hydrogen-bond donors (Lipinski definition) is 0. The van der Waals surface area contributed by atoms with E-state index in [9.17, 15) is 0 Å². The fourth-order valence-electron chi connectivity index (χ4n) is 2.53. The first-order chi connectivity index (χ1) is 8.40. The second-order valence-electron chi connectivity index (χ2n) is 4.38. The van der Waals surface area contributed by atoms with Crippen LogP contribution >= 0.6 is 0 Å². The van der Waals surface area contributed by atoms with Crippen molar-refractivity contribution in [1.82, 2.24) is 0 Å². The zero-order valence-corrected chi connectivity index (χ0v) is 9.47. The fourth-order valence-corrected chi connectivity index (χ4v) is 2.53. The summed E-state index contributed by atoms with van der Waals surface area (Å²) in [5, 5.41) is 11.5. The van der Waals surface area contributed by atoms with Gasteiger partial charge in [-0.1, -0.05) is 42.5 Å². The van der Waals surface area contributed by atoms with Crippen LogP contribution in [0.2, 0.25) is 0 Å². The third-order valence-electron chi connectivity index (χ3n) is 3.39. The van der Waals surface area contributed by atoms with Gasteiger partial charge < -0.3 is 4.74 Å². The van der Waals surface area contributed by atoms with Gasteiger partial charge in [0.15, 0.2) is 0 Å². The molecule has 1 heterocycles. The van der Waals surface area contributed by atoms with Crippen LogP contribution in [0.25, 0.3) is 10.8 Å². The lowest BCUT2D eigenvalue weighted by Gasteiger charge is -2.15. The predicted molar refractivity (Wildman–Crippen MR) is 66.4 cm³/mol. The van der Waals surface area contributed by atoms with Crippen LogP contribution in [0.5, 0.6) is 0 Å². The topological polar surface area (TPSA) is 33.0 Å². The van der Waals surface area contributed by atoms with Crippen LogP contribution in [0.3, 0.4) is 0 Å². The number of fused-ring (bicyclic) bond motifs is 1. The molecule has 2 unspecified atom stereocenters. The first-order valence-electron chi connectivity index (χ1n) is 5.89. The first kappa shape index (κ1) is 10.3. The average Bonchev–Trinajstić information content (AvgIpc) is 2.86. The molecule has 0 aliphatic carbocycles. The van der Waals surface area contributed by atoms with Crippen LogP contribution in [-0.4, -0.2) is 6.61 Å². The molecule has 1 aliphatic rings. The molecule has 1 aliphatic heterocycles. The molecule has 2 aromatic rings. The lowest BCUT2D eigenvalue weighted by molar-refractivity contribution is 0.102. The maximum atomic E-state index is 9.14. The third-order valence-corrected chi connectivity index (χ3v) is 3.39. The van der Waals surface area contributed by atoms with Crippen LogP contribution in [-0.2, 0) is 4.74 Å². The van der Waals surface area contributed by atoms with E-state index in [1.807, 2.05) is 18.2 Å². The molecule has 2 aromatic carbocycles. The Morgan fingerprint density at radius 2 is 1.94 bits per heavy atom. The molecule has 2 atom stereocenters. The fraction of sp³-hybridized carbons (Fsp3) is 0.267. The van der Waals surface area contributed by atoms with Crippen LogP contribution in [0.15, 0.2) is 42.5 Å². The van der Waals surface area contributed by atoms with E-state index >= 15 is 0 Å². The van der Waals surface area contributed by atoms with Gasteiger partial charge in [0.1, 0.15) is 0 Å². The molecule has 17 heavy (non-hydrogen) atoms. The van der Waals surface area contributed by atoms with Crippen molar-refractivity contribution in [2.75, 3.05) is 6.61 Å². The maximum absolute atomic E-state index is 9.14. The molecule has 2 nitrogen and oxygen atoms in total. The summed E-state index contributed by atoms with van der Waals surface area (Å²) in [5.74, 6) is -0.0131. The van der Waals surface area contributed by atoms with E-state index in [0.717, 1.165) is 12.0 Å². The summed E-state index contributed by atoms with van der Waals surface area (Å²) in [7, 11) is 0. The molecular weight excluding hydrogens is 210 g/mol. The summed E-state index contributed by atoms with van der Waals surface area (Å²) in [6.07, 6.45) is 0.774. The van der Waals surface area contributed by atoms with Gasteiger partial charge in [-0.25, -0.2) is 0 Å². The number of nitriles is 1. The summed E-state index contributed by atoms with van der Waals surface area (Å²) in [6.45, 7) is 0.687. The Bertz CT molecular complexity index is 579. The zero-order chi connectivity index (χ0) is 11.7. The van der Waals surface area contributed by atoms with Crippen molar-refractivity contribution in [2.24, 2.45) is 5.92 Å². The quantitative estimate of drug-likeness (QED) is 0.742. The molecule has 0 bridgehead atoms. The highest BCUT2D eigenvalue weighted by atomic mass is 16.5. The van der Waals surface area contributed by atoms with E-state index < -0.39 is 0 Å². The average molecular weight is 223 g/mol. The van der Waals surface area contributed by atoms with Crippen LogP contribution in [0.1, 0.15) is 18.1 Å². The van der Waals surface area contributed by atoms with Crippen molar-refractivity contribution in [3.05, 3.63) is 48.0 Å². The molecule has 2 heteroatoms. The van der Waals surface area contributed by atoms with E-state index in [2.05, 4.69) is 30.3 Å². The van der Waals surface area contributed by atoms with Gasteiger partial charge in [0.2, 0.25) is 0 Å². The molecule has 1 saturated heterocycles. The number of hydrogen-bond acceptors (Lipinski definition) is 2. The molecule has 1 fully saturated rings. The minimum absolute atomic E-state index is 0.0131. The molecule has 0 saturated carbocycles. The first-order valence-corrected chi connectivity index (χ1v) is 5.89. The van der Waals surface area contributed by atoms with Crippen molar-refractivity contribution < 1.29 is 4.74 Å². The third kappa shape index (κ3) is 1.69. The van der Waals surface area contributed by atoms with Crippen LogP contribution in [0, 0.1) is 17.2 Å². The van der Waals surface area contributed by atoms with Gasteiger partial charge in [-0.15, -0.1) is 0 Å². The number of benzene rings is 2. The van der Waals surface area contributed by atoms with Gasteiger partial charge in [0.05, 0.1) is 18.1 Å². The number of rotatable bonds is 1. The lowest BCUT2D eigenvalue weighted by atomic mass is 9.93. The van der Waals surface area contributed by atoms with Gasteiger partial charge in [0, 0.05) is 6.61 Å². The Labute approximate surface area is 100 Å². The Morgan fingerprint density at radius 3 is 2.82 bits per heavy atom. The molecular formula is C15H13NO. The highest BCUT2D eigenvalue weighted by Gasteiger charge is 2.30. The second kappa shape index (κ2) is 4.20. The van der Waals surface area contributed by atoms with Crippen molar-refractivity contribution in [2.45, 2.75) is 12.5 Å². The minimum atomic E-state index is -0.0638. The minimum Gasteiger partial charge on any atom is -0.372 e. The predicted octanol–water partition coefficient (Wildman–Crippen LogP) is 3.44. The highest BCUT2D eigenvalue weighted by molar-refractivity contribution is 5.86. The van der Waals surface area contributed by atoms with Crippen LogP contribution < -0.4 is 0 Å². The monoisotopic (exact) mass is 223 g/mol. The Morgan fingerprint density at radius 1 is 1.12 bits per heavy atom. The largest absolute Gasteiger partial charge is 0.372 e. The normalized spacial score (nSPS) is 23.7. The molecule has 0 spiro atoms. The molecule has 84 valence electrons. The number of ether oxygens (including phenoxy) is 1. The van der Waals surface area contributed by atoms with Crippen molar-refractivity contribution in [3.63, 3.8) is 0 Å². The van der Waals surface area contributed by atoms with E-state index in [1.165, 1.54) is 10.8 Å². The molecule has 0 aromatic heterocycles. The molecule has 0 amide bonds. The van der Waals surface area contributed by atoms with E-state index in [1.54, 1.807) is 0 Å². The maximum Gasteiger partial charge on any atom is 0.0989 e. The van der Waals surface area contributed by atoms with E-state index in [0.29, 0.717) is 6.61 Å². The Hall–Kier alpha value is -1.85. The van der Waals surface area contributed by atoms with Crippen LogP contribution in [0.4, 0.5) is 0 Å². The Kier molecular flexibility index (Phi) is 2.55. The zero-order valence-electron chi connectivity index (χ0n) is 9.47. The van der Waals surface area contributed by atoms with Gasteiger partial charge in [-0.2, -0.15) is 5.26 Å². The van der Waals surface area contributed by atoms with Gasteiger partial charge in [0.25, 0.3) is 0 Å². The van der Waals surface area contributed by atoms with Gasteiger partial charge in [-0.05, 0) is 22.8 Å². The van der Waals surface area contributed by atoms with Crippen molar-refractivity contribution in [1.29, 1.82) is 5.26 Å².